The van der Waals surface area contributed by atoms with Crippen molar-refractivity contribution in [1.29, 1.82) is 0 Å². The van der Waals surface area contributed by atoms with E-state index in [2.05, 4.69) is 0 Å². The van der Waals surface area contributed by atoms with Crippen molar-refractivity contribution in [1.82, 2.24) is 9.55 Å². The van der Waals surface area contributed by atoms with Crippen molar-refractivity contribution < 1.29 is 29.6 Å². The number of benzene rings is 1. The van der Waals surface area contributed by atoms with E-state index in [9.17, 15) is 34.5 Å². The van der Waals surface area contributed by atoms with Crippen LogP contribution in [0.5, 0.6) is 0 Å². The zero-order chi connectivity index (χ0) is 20.6. The van der Waals surface area contributed by atoms with Crippen molar-refractivity contribution in [2.24, 2.45) is 0 Å². The van der Waals surface area contributed by atoms with Crippen molar-refractivity contribution in [2.45, 2.75) is 37.1 Å². The Morgan fingerprint density at radius 3 is 2.43 bits per heavy atom. The Morgan fingerprint density at radius 2 is 1.86 bits per heavy atom. The molecule has 0 aliphatic carbocycles. The number of carbonyl (C=O) groups is 2. The van der Waals surface area contributed by atoms with Crippen LogP contribution in [0.15, 0.2) is 52.2 Å². The van der Waals surface area contributed by atoms with Crippen LogP contribution in [0.1, 0.15) is 24.8 Å². The maximum atomic E-state index is 12.7. The topological polar surface area (TPSA) is 159 Å². The highest BCUT2D eigenvalue weighted by Crippen LogP contribution is 2.40. The standard InChI is InChI=1S/C18H18N2O8/c1-9(21)18(27)15(25)14(13(24)12(23)10-5-3-2-4-6-10)28-16(18)20-8-7-11(22)19-17(20)26/h2-8,12,14-16,23,25,27H,1H3,(H,19,22,26)/t12?,14-,15-,16-,18-/m1/s1. The van der Waals surface area contributed by atoms with Gasteiger partial charge in [-0.1, -0.05) is 30.3 Å². The fraction of sp³-hybridized carbons (Fsp3) is 0.333. The zero-order valence-electron chi connectivity index (χ0n) is 14.7. The van der Waals surface area contributed by atoms with Gasteiger partial charge in [0.05, 0.1) is 0 Å². The summed E-state index contributed by atoms with van der Waals surface area (Å²) in [5.74, 6) is -1.97. The van der Waals surface area contributed by atoms with Gasteiger partial charge in [-0.05, 0) is 12.5 Å². The van der Waals surface area contributed by atoms with Crippen LogP contribution in [-0.2, 0) is 14.3 Å². The molecule has 1 aliphatic heterocycles. The number of aliphatic hydroxyl groups excluding tert-OH is 2. The Kier molecular flexibility index (Phi) is 5.13. The largest absolute Gasteiger partial charge is 0.386 e. The van der Waals surface area contributed by atoms with Crippen LogP contribution >= 0.6 is 0 Å². The highest BCUT2D eigenvalue weighted by Gasteiger charge is 2.62. The Balaban J connectivity index is 2.01. The van der Waals surface area contributed by atoms with E-state index < -0.39 is 53.0 Å². The number of nitrogens with zero attached hydrogens (tertiary/aromatic N) is 1. The molecule has 1 unspecified atom stereocenters. The molecule has 3 rings (SSSR count). The first-order chi connectivity index (χ1) is 13.2. The van der Waals surface area contributed by atoms with Gasteiger partial charge in [0, 0.05) is 12.3 Å². The lowest BCUT2D eigenvalue weighted by Crippen LogP contribution is -2.54. The van der Waals surface area contributed by atoms with Crippen molar-refractivity contribution >= 4 is 11.6 Å². The second-order valence-corrected chi connectivity index (χ2v) is 6.47. The summed E-state index contributed by atoms with van der Waals surface area (Å²) in [5, 5.41) is 31.6. The predicted molar refractivity (Wildman–Crippen MR) is 93.3 cm³/mol. The van der Waals surface area contributed by atoms with Crippen molar-refractivity contribution in [3.8, 4) is 0 Å². The van der Waals surface area contributed by atoms with E-state index >= 15 is 0 Å². The Morgan fingerprint density at radius 1 is 1.21 bits per heavy atom. The number of aromatic nitrogens is 2. The van der Waals surface area contributed by atoms with Crippen LogP contribution in [0, 0.1) is 0 Å². The molecule has 5 atom stereocenters. The van der Waals surface area contributed by atoms with Crippen molar-refractivity contribution in [2.75, 3.05) is 0 Å². The van der Waals surface area contributed by atoms with E-state index in [-0.39, 0.29) is 5.56 Å². The van der Waals surface area contributed by atoms with E-state index in [4.69, 9.17) is 4.74 Å². The number of ketones is 2. The molecule has 0 saturated carbocycles. The number of nitrogens with one attached hydrogen (secondary N) is 1. The molecule has 10 nitrogen and oxygen atoms in total. The van der Waals surface area contributed by atoms with E-state index in [0.29, 0.717) is 4.57 Å². The average molecular weight is 390 g/mol. The molecule has 0 radical (unpaired) electrons. The monoisotopic (exact) mass is 390 g/mol. The summed E-state index contributed by atoms with van der Waals surface area (Å²) in [5.41, 5.74) is -4.17. The number of ether oxygens (including phenoxy) is 1. The number of aliphatic hydroxyl groups is 3. The smallest absolute Gasteiger partial charge is 0.330 e. The summed E-state index contributed by atoms with van der Waals surface area (Å²) < 4.78 is 6.06. The van der Waals surface area contributed by atoms with Gasteiger partial charge in [0.25, 0.3) is 5.56 Å². The predicted octanol–water partition coefficient (Wildman–Crippen LogP) is -1.58. The third-order valence-electron chi connectivity index (χ3n) is 4.72. The maximum absolute atomic E-state index is 12.7. The van der Waals surface area contributed by atoms with E-state index in [1.807, 2.05) is 4.98 Å². The highest BCUT2D eigenvalue weighted by molar-refractivity contribution is 5.93. The normalized spacial score (nSPS) is 28.1. The second-order valence-electron chi connectivity index (χ2n) is 6.47. The number of hydrogen-bond acceptors (Lipinski definition) is 8. The minimum atomic E-state index is -2.65. The Hall–Kier alpha value is -2.92. The van der Waals surface area contributed by atoms with E-state index in [1.165, 1.54) is 12.1 Å². The molecule has 0 amide bonds. The van der Waals surface area contributed by atoms with Crippen LogP contribution in [0.4, 0.5) is 0 Å². The molecule has 2 heterocycles. The van der Waals surface area contributed by atoms with Gasteiger partial charge in [0.15, 0.2) is 29.5 Å². The first-order valence-electron chi connectivity index (χ1n) is 8.33. The molecule has 1 aliphatic rings. The fourth-order valence-corrected chi connectivity index (χ4v) is 3.14. The molecule has 2 aromatic rings. The number of Topliss-reactive ketones (excluding diaryl/α,β-unsaturated/α-hetero) is 2. The van der Waals surface area contributed by atoms with Gasteiger partial charge in [-0.2, -0.15) is 0 Å². The Bertz CT molecular complexity index is 1010. The van der Waals surface area contributed by atoms with Gasteiger partial charge < -0.3 is 20.1 Å². The van der Waals surface area contributed by atoms with Gasteiger partial charge in [0.1, 0.15) is 12.2 Å². The number of hydrogen-bond donors (Lipinski definition) is 4. The van der Waals surface area contributed by atoms with Crippen molar-refractivity contribution in [3.63, 3.8) is 0 Å². The molecule has 28 heavy (non-hydrogen) atoms. The van der Waals surface area contributed by atoms with Gasteiger partial charge >= 0.3 is 5.69 Å². The highest BCUT2D eigenvalue weighted by atomic mass is 16.6. The van der Waals surface area contributed by atoms with E-state index in [0.717, 1.165) is 19.2 Å². The summed E-state index contributed by atoms with van der Waals surface area (Å²) in [6, 6.07) is 8.76. The molecule has 0 bridgehead atoms. The molecule has 1 aromatic carbocycles. The summed E-state index contributed by atoms with van der Waals surface area (Å²) in [6.07, 6.45) is -6.37. The zero-order valence-corrected chi connectivity index (χ0v) is 14.7. The van der Waals surface area contributed by atoms with Gasteiger partial charge in [-0.25, -0.2) is 4.79 Å². The number of H-pyrrole nitrogens is 1. The Labute approximate surface area is 157 Å². The van der Waals surface area contributed by atoms with E-state index in [1.54, 1.807) is 18.2 Å². The van der Waals surface area contributed by atoms with Gasteiger partial charge in [-0.15, -0.1) is 0 Å². The number of rotatable bonds is 5. The molecule has 1 aromatic heterocycles. The number of carbonyl (C=O) groups excluding carboxylic acids is 2. The lowest BCUT2D eigenvalue weighted by molar-refractivity contribution is -0.157. The minimum Gasteiger partial charge on any atom is -0.386 e. The molecule has 0 spiro atoms. The molecule has 10 heteroatoms. The molecule has 4 N–H and O–H groups in total. The minimum absolute atomic E-state index is 0.222. The van der Waals surface area contributed by atoms with Crippen molar-refractivity contribution in [3.05, 3.63) is 69.0 Å². The second kappa shape index (κ2) is 7.24. The molecular formula is C18H18N2O8. The molecule has 1 fully saturated rings. The van der Waals surface area contributed by atoms with Crippen LogP contribution < -0.4 is 11.2 Å². The molecule has 148 valence electrons. The van der Waals surface area contributed by atoms with Crippen LogP contribution in [0.3, 0.4) is 0 Å². The summed E-state index contributed by atoms with van der Waals surface area (Å²) in [7, 11) is 0. The van der Waals surface area contributed by atoms with Gasteiger partial charge in [-0.3, -0.25) is 23.9 Å². The molecule has 1 saturated heterocycles. The maximum Gasteiger partial charge on any atom is 0.330 e. The lowest BCUT2D eigenvalue weighted by atomic mass is 9.87. The fourth-order valence-electron chi connectivity index (χ4n) is 3.14. The third-order valence-corrected chi connectivity index (χ3v) is 4.72. The summed E-state index contributed by atoms with van der Waals surface area (Å²) in [4.78, 5) is 50.0. The summed E-state index contributed by atoms with van der Waals surface area (Å²) in [6.45, 7) is 0.955. The average Bonchev–Trinajstić information content (AvgIpc) is 2.94. The van der Waals surface area contributed by atoms with Gasteiger partial charge in [0.2, 0.25) is 0 Å². The number of aromatic amines is 1. The van der Waals surface area contributed by atoms with Crippen LogP contribution in [0.2, 0.25) is 0 Å². The molecular weight excluding hydrogens is 372 g/mol. The third kappa shape index (κ3) is 3.12. The lowest BCUT2D eigenvalue weighted by Gasteiger charge is -2.28. The quantitative estimate of drug-likeness (QED) is 0.476. The van der Waals surface area contributed by atoms with Crippen LogP contribution in [-0.4, -0.2) is 54.2 Å². The first-order valence-corrected chi connectivity index (χ1v) is 8.33. The van der Waals surface area contributed by atoms with Crippen LogP contribution in [0.25, 0.3) is 0 Å². The first kappa shape index (κ1) is 19.8. The summed E-state index contributed by atoms with van der Waals surface area (Å²) >= 11 is 0. The SMILES string of the molecule is CC(=O)[C@@]1(O)[C@H](O)[C@@H](C(=O)C(O)c2ccccc2)O[C@H]1n1ccc(=O)[nH]c1=O.